The Bertz CT molecular complexity index is 1130. The average Bonchev–Trinajstić information content (AvgIpc) is 3.40. The molecule has 0 spiro atoms. The highest BCUT2D eigenvalue weighted by Gasteiger charge is 2.18. The molecule has 4 aromatic rings. The van der Waals surface area contributed by atoms with Crippen LogP contribution in [-0.2, 0) is 17.8 Å². The van der Waals surface area contributed by atoms with Crippen LogP contribution in [0.2, 0.25) is 0 Å². The summed E-state index contributed by atoms with van der Waals surface area (Å²) in [6, 6.07) is 15.7. The maximum Gasteiger partial charge on any atom is 0.247 e. The van der Waals surface area contributed by atoms with Crippen LogP contribution in [0.15, 0.2) is 52.9 Å². The number of fused-ring (bicyclic) bond motifs is 1. The Morgan fingerprint density at radius 3 is 2.57 bits per heavy atom. The lowest BCUT2D eigenvalue weighted by atomic mass is 10.2. The van der Waals surface area contributed by atoms with Crippen LogP contribution in [0.25, 0.3) is 22.5 Å². The zero-order chi connectivity index (χ0) is 20.3. The molecule has 0 radical (unpaired) electrons. The van der Waals surface area contributed by atoms with Gasteiger partial charge in [-0.05, 0) is 36.4 Å². The second-order valence-corrected chi connectivity index (χ2v) is 7.22. The molecule has 0 unspecified atom stereocenters. The SMILES string of the molecule is COc1ccc(-c2nnc(Cn3c(CN4CCOCC4)nc4ccccc43)o2)cc1. The molecular weight excluding hydrogens is 382 g/mol. The summed E-state index contributed by atoms with van der Waals surface area (Å²) in [5.41, 5.74) is 2.89. The highest BCUT2D eigenvalue weighted by molar-refractivity contribution is 5.76. The fourth-order valence-electron chi connectivity index (χ4n) is 3.68. The van der Waals surface area contributed by atoms with Crippen LogP contribution >= 0.6 is 0 Å². The van der Waals surface area contributed by atoms with E-state index in [0.29, 0.717) is 18.3 Å². The summed E-state index contributed by atoms with van der Waals surface area (Å²) in [4.78, 5) is 7.22. The van der Waals surface area contributed by atoms with E-state index < -0.39 is 0 Å². The maximum atomic E-state index is 5.97. The van der Waals surface area contributed by atoms with Crippen LogP contribution in [0.5, 0.6) is 5.75 Å². The number of nitrogens with zero attached hydrogens (tertiary/aromatic N) is 5. The number of morpholine rings is 1. The van der Waals surface area contributed by atoms with Crippen LogP contribution in [0, 0.1) is 0 Å². The molecular formula is C22H23N5O3. The Morgan fingerprint density at radius 2 is 1.77 bits per heavy atom. The molecule has 1 aliphatic rings. The van der Waals surface area contributed by atoms with E-state index in [2.05, 4.69) is 25.7 Å². The highest BCUT2D eigenvalue weighted by Crippen LogP contribution is 2.23. The van der Waals surface area contributed by atoms with Crippen LogP contribution < -0.4 is 4.74 Å². The second-order valence-electron chi connectivity index (χ2n) is 7.22. The first-order chi connectivity index (χ1) is 14.8. The van der Waals surface area contributed by atoms with Crippen molar-refractivity contribution in [2.45, 2.75) is 13.1 Å². The molecule has 0 saturated carbocycles. The zero-order valence-electron chi connectivity index (χ0n) is 16.8. The topological polar surface area (TPSA) is 78.4 Å². The van der Waals surface area contributed by atoms with E-state index in [9.17, 15) is 0 Å². The number of para-hydroxylation sites is 2. The molecule has 1 saturated heterocycles. The van der Waals surface area contributed by atoms with Crippen molar-refractivity contribution in [2.75, 3.05) is 33.4 Å². The maximum absolute atomic E-state index is 5.97. The number of benzene rings is 2. The van der Waals surface area contributed by atoms with Gasteiger partial charge in [0.15, 0.2) is 0 Å². The first-order valence-corrected chi connectivity index (χ1v) is 10.0. The lowest BCUT2D eigenvalue weighted by molar-refractivity contribution is 0.0327. The van der Waals surface area contributed by atoms with Gasteiger partial charge in [-0.15, -0.1) is 10.2 Å². The predicted octanol–water partition coefficient (Wildman–Crippen LogP) is 2.98. The molecule has 3 heterocycles. The smallest absolute Gasteiger partial charge is 0.247 e. The summed E-state index contributed by atoms with van der Waals surface area (Å²) in [5.74, 6) is 2.82. The summed E-state index contributed by atoms with van der Waals surface area (Å²) >= 11 is 0. The van der Waals surface area contributed by atoms with Crippen molar-refractivity contribution in [3.63, 3.8) is 0 Å². The Kier molecular flexibility index (Phi) is 5.17. The molecule has 8 heteroatoms. The van der Waals surface area contributed by atoms with Gasteiger partial charge in [0, 0.05) is 18.7 Å². The molecule has 2 aromatic carbocycles. The van der Waals surface area contributed by atoms with Crippen molar-refractivity contribution in [3.8, 4) is 17.2 Å². The van der Waals surface area contributed by atoms with Crippen molar-refractivity contribution < 1.29 is 13.9 Å². The van der Waals surface area contributed by atoms with Gasteiger partial charge in [-0.25, -0.2) is 4.98 Å². The average molecular weight is 405 g/mol. The van der Waals surface area contributed by atoms with E-state index in [4.69, 9.17) is 18.9 Å². The van der Waals surface area contributed by atoms with Crippen LogP contribution in [0.3, 0.4) is 0 Å². The Hall–Kier alpha value is -3.23. The molecule has 0 bridgehead atoms. The lowest BCUT2D eigenvalue weighted by Gasteiger charge is -2.26. The van der Waals surface area contributed by atoms with Crippen molar-refractivity contribution >= 4 is 11.0 Å². The van der Waals surface area contributed by atoms with Gasteiger partial charge >= 0.3 is 0 Å². The van der Waals surface area contributed by atoms with E-state index in [1.807, 2.05) is 42.5 Å². The third-order valence-corrected chi connectivity index (χ3v) is 5.30. The minimum Gasteiger partial charge on any atom is -0.497 e. The number of hydrogen-bond acceptors (Lipinski definition) is 7. The molecule has 5 rings (SSSR count). The van der Waals surface area contributed by atoms with Gasteiger partial charge in [0.25, 0.3) is 0 Å². The fraction of sp³-hybridized carbons (Fsp3) is 0.318. The minimum absolute atomic E-state index is 0.476. The number of rotatable bonds is 6. The van der Waals surface area contributed by atoms with Gasteiger partial charge in [0.2, 0.25) is 11.8 Å². The summed E-state index contributed by atoms with van der Waals surface area (Å²) in [7, 11) is 1.64. The molecule has 1 aliphatic heterocycles. The molecule has 0 amide bonds. The van der Waals surface area contributed by atoms with Crippen molar-refractivity contribution in [1.29, 1.82) is 0 Å². The number of ether oxygens (including phenoxy) is 2. The molecule has 2 aromatic heterocycles. The van der Waals surface area contributed by atoms with E-state index in [0.717, 1.165) is 61.0 Å². The monoisotopic (exact) mass is 405 g/mol. The van der Waals surface area contributed by atoms with Crippen molar-refractivity contribution in [2.24, 2.45) is 0 Å². The van der Waals surface area contributed by atoms with Gasteiger partial charge in [-0.2, -0.15) is 0 Å². The first-order valence-electron chi connectivity index (χ1n) is 10.0. The van der Waals surface area contributed by atoms with E-state index >= 15 is 0 Å². The molecule has 0 atom stereocenters. The zero-order valence-corrected chi connectivity index (χ0v) is 16.8. The summed E-state index contributed by atoms with van der Waals surface area (Å²) < 4.78 is 18.8. The highest BCUT2D eigenvalue weighted by atomic mass is 16.5. The Balaban J connectivity index is 1.43. The van der Waals surface area contributed by atoms with Gasteiger partial charge in [-0.1, -0.05) is 12.1 Å². The van der Waals surface area contributed by atoms with Crippen LogP contribution in [-0.4, -0.2) is 58.1 Å². The summed E-state index contributed by atoms with van der Waals surface area (Å²) in [6.45, 7) is 4.57. The van der Waals surface area contributed by atoms with E-state index in [-0.39, 0.29) is 0 Å². The quantitative estimate of drug-likeness (QED) is 0.488. The predicted molar refractivity (Wildman–Crippen MR) is 111 cm³/mol. The molecule has 0 N–H and O–H groups in total. The molecule has 1 fully saturated rings. The van der Waals surface area contributed by atoms with Crippen LogP contribution in [0.4, 0.5) is 0 Å². The third kappa shape index (κ3) is 3.79. The third-order valence-electron chi connectivity index (χ3n) is 5.30. The Labute approximate surface area is 174 Å². The molecule has 30 heavy (non-hydrogen) atoms. The van der Waals surface area contributed by atoms with Gasteiger partial charge in [0.1, 0.15) is 18.1 Å². The number of hydrogen-bond donors (Lipinski definition) is 0. The molecule has 0 aliphatic carbocycles. The minimum atomic E-state index is 0.476. The summed E-state index contributed by atoms with van der Waals surface area (Å²) in [6.07, 6.45) is 0. The number of aromatic nitrogens is 4. The Morgan fingerprint density at radius 1 is 0.967 bits per heavy atom. The standard InChI is InChI=1S/C22H23N5O3/c1-28-17-8-6-16(7-9-17)22-25-24-21(30-22)15-27-19-5-3-2-4-18(19)23-20(27)14-26-10-12-29-13-11-26/h2-9H,10-15H2,1H3. The summed E-state index contributed by atoms with van der Waals surface area (Å²) in [5, 5.41) is 8.50. The lowest BCUT2D eigenvalue weighted by Crippen LogP contribution is -2.36. The number of imidazole rings is 1. The van der Waals surface area contributed by atoms with Gasteiger partial charge < -0.3 is 18.5 Å². The number of methoxy groups -OCH3 is 1. The molecule has 8 nitrogen and oxygen atoms in total. The van der Waals surface area contributed by atoms with Gasteiger partial charge in [0.05, 0.1) is 37.9 Å². The largest absolute Gasteiger partial charge is 0.497 e. The van der Waals surface area contributed by atoms with Gasteiger partial charge in [-0.3, -0.25) is 4.90 Å². The molecule has 154 valence electrons. The van der Waals surface area contributed by atoms with E-state index in [1.165, 1.54) is 0 Å². The van der Waals surface area contributed by atoms with E-state index in [1.54, 1.807) is 7.11 Å². The van der Waals surface area contributed by atoms with Crippen molar-refractivity contribution in [1.82, 2.24) is 24.6 Å². The normalized spacial score (nSPS) is 15.0. The second kappa shape index (κ2) is 8.25. The fourth-order valence-corrected chi connectivity index (χ4v) is 3.68. The first kappa shape index (κ1) is 18.8. The van der Waals surface area contributed by atoms with Crippen molar-refractivity contribution in [3.05, 3.63) is 60.2 Å². The van der Waals surface area contributed by atoms with Crippen LogP contribution in [0.1, 0.15) is 11.7 Å².